The van der Waals surface area contributed by atoms with E-state index in [0.717, 1.165) is 38.5 Å². The van der Waals surface area contributed by atoms with Crippen LogP contribution in [0.25, 0.3) is 0 Å². The third-order valence-electron chi connectivity index (χ3n) is 7.46. The van der Waals surface area contributed by atoms with E-state index in [9.17, 15) is 24.4 Å². The predicted octanol–water partition coefficient (Wildman–Crippen LogP) is 9.56. The average molecular weight is 775 g/mol. The van der Waals surface area contributed by atoms with Crippen molar-refractivity contribution >= 4 is 19.8 Å². The van der Waals surface area contributed by atoms with Crippen molar-refractivity contribution in [1.82, 2.24) is 0 Å². The van der Waals surface area contributed by atoms with Gasteiger partial charge in [0.15, 0.2) is 6.10 Å². The van der Waals surface area contributed by atoms with Crippen molar-refractivity contribution in [2.75, 3.05) is 13.2 Å². The number of phosphoric ester groups is 1. The SMILES string of the molecule is CC/C=C\C[C@H](O)/C=C/C=C\C=C\[C@H](O)C/C=C\C/C=C\CCC(=O)O[C@H](COC(=O)CCCC/C=C\C/C=C\C/C=C\CCCCC)COP(=O)(O)O. The van der Waals surface area contributed by atoms with Crippen LogP contribution in [0.5, 0.6) is 0 Å². The Morgan fingerprint density at radius 1 is 0.593 bits per heavy atom. The molecule has 0 aromatic carbocycles. The summed E-state index contributed by atoms with van der Waals surface area (Å²) in [4.78, 5) is 42.7. The van der Waals surface area contributed by atoms with E-state index in [-0.39, 0.29) is 19.4 Å². The van der Waals surface area contributed by atoms with E-state index < -0.39 is 44.7 Å². The zero-order chi connectivity index (χ0) is 40.0. The Kier molecular flexibility index (Phi) is 34.3. The third kappa shape index (κ3) is 38.4. The number of carbonyl (C=O) groups is 2. The molecule has 0 aliphatic rings. The van der Waals surface area contributed by atoms with E-state index in [2.05, 4.69) is 47.9 Å². The molecule has 10 nitrogen and oxygen atoms in total. The van der Waals surface area contributed by atoms with E-state index in [4.69, 9.17) is 19.3 Å². The topological polar surface area (TPSA) is 160 Å². The second-order valence-corrected chi connectivity index (χ2v) is 13.8. The maximum absolute atomic E-state index is 12.4. The summed E-state index contributed by atoms with van der Waals surface area (Å²) >= 11 is 0. The van der Waals surface area contributed by atoms with Crippen LogP contribution < -0.4 is 0 Å². The lowest BCUT2D eigenvalue weighted by molar-refractivity contribution is -0.161. The smallest absolute Gasteiger partial charge is 0.462 e. The Hall–Kier alpha value is -3.37. The molecule has 4 N–H and O–H groups in total. The van der Waals surface area contributed by atoms with Gasteiger partial charge in [-0.1, -0.05) is 136 Å². The predicted molar refractivity (Wildman–Crippen MR) is 218 cm³/mol. The van der Waals surface area contributed by atoms with Gasteiger partial charge in [-0.05, 0) is 77.0 Å². The molecule has 0 spiro atoms. The van der Waals surface area contributed by atoms with Crippen LogP contribution in [-0.2, 0) is 28.2 Å². The van der Waals surface area contributed by atoms with Gasteiger partial charge >= 0.3 is 19.8 Å². The number of unbranched alkanes of at least 4 members (excludes halogenated alkanes) is 5. The van der Waals surface area contributed by atoms with Gasteiger partial charge in [-0.2, -0.15) is 0 Å². The van der Waals surface area contributed by atoms with Gasteiger partial charge in [0.25, 0.3) is 0 Å². The first-order valence-electron chi connectivity index (χ1n) is 19.4. The lowest BCUT2D eigenvalue weighted by Gasteiger charge is -2.18. The van der Waals surface area contributed by atoms with Gasteiger partial charge in [-0.25, -0.2) is 4.57 Å². The van der Waals surface area contributed by atoms with Gasteiger partial charge in [-0.3, -0.25) is 14.1 Å². The fourth-order valence-corrected chi connectivity index (χ4v) is 4.88. The van der Waals surface area contributed by atoms with Crippen LogP contribution in [0.15, 0.2) is 109 Å². The number of aliphatic hydroxyl groups is 2. The number of ether oxygens (including phenoxy) is 2. The van der Waals surface area contributed by atoms with Crippen LogP contribution in [-0.4, -0.2) is 63.5 Å². The van der Waals surface area contributed by atoms with Crippen molar-refractivity contribution in [2.24, 2.45) is 0 Å². The summed E-state index contributed by atoms with van der Waals surface area (Å²) in [6.45, 7) is 3.26. The van der Waals surface area contributed by atoms with E-state index in [1.807, 2.05) is 37.3 Å². The van der Waals surface area contributed by atoms with Crippen molar-refractivity contribution in [2.45, 2.75) is 135 Å². The summed E-state index contributed by atoms with van der Waals surface area (Å²) in [6, 6.07) is 0. The van der Waals surface area contributed by atoms with Gasteiger partial charge in [0.05, 0.1) is 18.8 Å². The Labute approximate surface area is 324 Å². The monoisotopic (exact) mass is 774 g/mol. The molecule has 0 unspecified atom stereocenters. The Bertz CT molecular complexity index is 1270. The standard InChI is InChI=1S/C43H67O10P/c1-3-5-7-8-9-10-11-12-13-14-15-16-17-21-29-35-42(46)51-37-41(38-52-54(48,49)50)53-43(47)36-30-22-19-18-20-26-32-40(45)34-28-24-23-27-33-39(44)31-25-6-4-2/h6,9-10,12-13,15-16,19-20,22-28,33-34,39-41,44-45H,3-5,7-8,11,14,17-18,21,29-32,35-38H2,1-2H3,(H2,48,49,50)/b10-9-,13-12-,16-15-,22-19-,24-23-,25-6-,26-20-,33-27+,34-28+/t39-,40+,41+/m0/s1. The zero-order valence-electron chi connectivity index (χ0n) is 32.5. The first-order chi connectivity index (χ1) is 26.1. The number of esters is 2. The summed E-state index contributed by atoms with van der Waals surface area (Å²) in [7, 11) is -4.82. The molecule has 0 radical (unpaired) electrons. The second-order valence-electron chi connectivity index (χ2n) is 12.6. The van der Waals surface area contributed by atoms with E-state index >= 15 is 0 Å². The maximum atomic E-state index is 12.4. The number of aliphatic hydroxyl groups excluding tert-OH is 2. The number of allylic oxidation sites excluding steroid dienone is 14. The van der Waals surface area contributed by atoms with Gasteiger partial charge in [0.1, 0.15) is 6.61 Å². The van der Waals surface area contributed by atoms with Crippen molar-refractivity contribution in [3.05, 3.63) is 109 Å². The van der Waals surface area contributed by atoms with Crippen LogP contribution in [0.3, 0.4) is 0 Å². The highest BCUT2D eigenvalue weighted by atomic mass is 31.2. The molecule has 54 heavy (non-hydrogen) atoms. The normalized spacial score (nSPS) is 14.9. The van der Waals surface area contributed by atoms with Crippen molar-refractivity contribution in [3.63, 3.8) is 0 Å². The summed E-state index contributed by atoms with van der Waals surface area (Å²) in [5.41, 5.74) is 0. The van der Waals surface area contributed by atoms with Crippen LogP contribution in [0, 0.1) is 0 Å². The molecule has 0 aromatic heterocycles. The number of hydrogen-bond donors (Lipinski definition) is 4. The van der Waals surface area contributed by atoms with Crippen molar-refractivity contribution in [3.8, 4) is 0 Å². The first kappa shape index (κ1) is 50.6. The van der Waals surface area contributed by atoms with E-state index in [1.54, 1.807) is 42.5 Å². The van der Waals surface area contributed by atoms with E-state index in [1.165, 1.54) is 19.3 Å². The average Bonchev–Trinajstić information content (AvgIpc) is 3.13. The molecule has 0 amide bonds. The minimum atomic E-state index is -4.82. The van der Waals surface area contributed by atoms with Gasteiger partial charge in [0, 0.05) is 12.8 Å². The first-order valence-corrected chi connectivity index (χ1v) is 20.9. The summed E-state index contributed by atoms with van der Waals surface area (Å²) in [6.07, 6.45) is 44.6. The number of hydrogen-bond acceptors (Lipinski definition) is 8. The Morgan fingerprint density at radius 2 is 1.11 bits per heavy atom. The summed E-state index contributed by atoms with van der Waals surface area (Å²) in [5.74, 6) is -1.11. The molecule has 0 rings (SSSR count). The van der Waals surface area contributed by atoms with Gasteiger partial charge in [-0.15, -0.1) is 0 Å². The maximum Gasteiger partial charge on any atom is 0.469 e. The van der Waals surface area contributed by atoms with Crippen LogP contribution in [0.1, 0.15) is 117 Å². The molecular weight excluding hydrogens is 707 g/mol. The second kappa shape index (κ2) is 36.6. The molecule has 3 atom stereocenters. The molecule has 0 saturated heterocycles. The van der Waals surface area contributed by atoms with Crippen LogP contribution >= 0.6 is 7.82 Å². The third-order valence-corrected chi connectivity index (χ3v) is 7.94. The molecule has 0 heterocycles. The van der Waals surface area contributed by atoms with Gasteiger partial charge < -0.3 is 29.5 Å². The molecule has 0 bridgehead atoms. The summed E-state index contributed by atoms with van der Waals surface area (Å²) in [5, 5.41) is 19.9. The Balaban J connectivity index is 4.32. The highest BCUT2D eigenvalue weighted by Crippen LogP contribution is 2.35. The lowest BCUT2D eigenvalue weighted by Crippen LogP contribution is -2.29. The molecule has 11 heteroatoms. The zero-order valence-corrected chi connectivity index (χ0v) is 33.4. The quantitative estimate of drug-likeness (QED) is 0.0166. The van der Waals surface area contributed by atoms with Crippen molar-refractivity contribution < 1.29 is 48.2 Å². The van der Waals surface area contributed by atoms with E-state index in [0.29, 0.717) is 32.1 Å². The molecular formula is C43H67O10P. The van der Waals surface area contributed by atoms with Crippen LogP contribution in [0.2, 0.25) is 0 Å². The highest BCUT2D eigenvalue weighted by molar-refractivity contribution is 7.46. The Morgan fingerprint density at radius 3 is 1.67 bits per heavy atom. The number of carbonyl (C=O) groups excluding carboxylic acids is 2. The number of phosphoric acid groups is 1. The summed E-state index contributed by atoms with van der Waals surface area (Å²) < 4.78 is 26.2. The molecule has 0 aliphatic heterocycles. The fourth-order valence-electron chi connectivity index (χ4n) is 4.52. The lowest BCUT2D eigenvalue weighted by atomic mass is 10.1. The fraction of sp³-hybridized carbons (Fsp3) is 0.535. The molecule has 0 aliphatic carbocycles. The van der Waals surface area contributed by atoms with Crippen molar-refractivity contribution in [1.29, 1.82) is 0 Å². The van der Waals surface area contributed by atoms with Crippen LogP contribution in [0.4, 0.5) is 0 Å². The minimum absolute atomic E-state index is 0.0150. The molecule has 304 valence electrons. The number of rotatable bonds is 33. The largest absolute Gasteiger partial charge is 0.469 e. The molecule has 0 saturated carbocycles. The molecule has 0 fully saturated rings. The minimum Gasteiger partial charge on any atom is -0.462 e. The molecule has 0 aromatic rings. The van der Waals surface area contributed by atoms with Gasteiger partial charge in [0.2, 0.25) is 0 Å². The highest BCUT2D eigenvalue weighted by Gasteiger charge is 2.22.